The highest BCUT2D eigenvalue weighted by atomic mass is 32.1. The van der Waals surface area contributed by atoms with E-state index in [1.165, 1.54) is 4.52 Å². The van der Waals surface area contributed by atoms with Gasteiger partial charge in [0, 0.05) is 23.7 Å². The molecule has 6 rings (SSSR count). The Morgan fingerprint density at radius 1 is 0.929 bits per heavy atom. The fourth-order valence-corrected chi connectivity index (χ4v) is 5.32. The minimum atomic E-state index is -0.463. The number of hydrogen-bond donors (Lipinski definition) is 0. The van der Waals surface area contributed by atoms with Gasteiger partial charge in [-0.25, -0.2) is 4.68 Å². The zero-order valence-corrected chi connectivity index (χ0v) is 23.5. The lowest BCUT2D eigenvalue weighted by atomic mass is 10.1. The average Bonchev–Trinajstić information content (AvgIpc) is 3.58. The topological polar surface area (TPSA) is 101 Å². The van der Waals surface area contributed by atoms with Gasteiger partial charge in [-0.05, 0) is 60.2 Å². The molecule has 0 fully saturated rings. The van der Waals surface area contributed by atoms with Crippen LogP contribution in [0, 0.1) is 0 Å². The van der Waals surface area contributed by atoms with E-state index in [1.54, 1.807) is 23.9 Å². The minimum absolute atomic E-state index is 0.190. The number of aromatic nitrogens is 5. The van der Waals surface area contributed by atoms with Crippen LogP contribution in [0.2, 0.25) is 0 Å². The molecule has 42 heavy (non-hydrogen) atoms. The lowest BCUT2D eigenvalue weighted by Gasteiger charge is -2.04. The quantitative estimate of drug-likeness (QED) is 0.240. The Morgan fingerprint density at radius 2 is 1.67 bits per heavy atom. The molecule has 10 heteroatoms. The first-order valence-electron chi connectivity index (χ1n) is 13.1. The molecular formula is C32H25N5O4S. The molecule has 0 aliphatic heterocycles. The predicted molar refractivity (Wildman–Crippen MR) is 163 cm³/mol. The molecule has 0 N–H and O–H groups in total. The highest BCUT2D eigenvalue weighted by Gasteiger charge is 2.15. The van der Waals surface area contributed by atoms with Crippen LogP contribution in [-0.4, -0.2) is 38.1 Å². The highest BCUT2D eigenvalue weighted by Crippen LogP contribution is 2.26. The average molecular weight is 576 g/mol. The van der Waals surface area contributed by atoms with Crippen molar-refractivity contribution < 1.29 is 9.47 Å². The third-order valence-electron chi connectivity index (χ3n) is 6.53. The minimum Gasteiger partial charge on any atom is -0.497 e. The molecule has 0 radical (unpaired) electrons. The normalized spacial score (nSPS) is 11.6. The van der Waals surface area contributed by atoms with E-state index < -0.39 is 5.56 Å². The molecule has 0 atom stereocenters. The van der Waals surface area contributed by atoms with E-state index in [4.69, 9.17) is 14.6 Å². The standard InChI is InChI=1S/C32H25N5O4S/c1-3-17-41-26-15-11-22(12-16-26)29-23(20-36(35-29)24-7-5-4-6-8-24)19-28-31(39)37-32(42-28)33-30(38)27(34-37)18-21-9-13-25(40-2)14-10-21/h3-16,19-20H,1,17-18H2,2H3/b28-19-. The second kappa shape index (κ2) is 11.6. The summed E-state index contributed by atoms with van der Waals surface area (Å²) in [4.78, 5) is 30.7. The molecule has 0 unspecified atom stereocenters. The molecular weight excluding hydrogens is 550 g/mol. The molecule has 0 spiro atoms. The van der Waals surface area contributed by atoms with Crippen molar-refractivity contribution in [3.05, 3.63) is 140 Å². The number of rotatable bonds is 9. The van der Waals surface area contributed by atoms with Gasteiger partial charge < -0.3 is 9.47 Å². The summed E-state index contributed by atoms with van der Waals surface area (Å²) in [7, 11) is 1.59. The zero-order valence-electron chi connectivity index (χ0n) is 22.6. The maximum atomic E-state index is 13.5. The van der Waals surface area contributed by atoms with E-state index >= 15 is 0 Å². The molecule has 3 aromatic carbocycles. The van der Waals surface area contributed by atoms with E-state index in [1.807, 2.05) is 85.1 Å². The summed E-state index contributed by atoms with van der Waals surface area (Å²) in [5.41, 5.74) is 3.36. The molecule has 0 bridgehead atoms. The summed E-state index contributed by atoms with van der Waals surface area (Å²) < 4.78 is 14.2. The Kier molecular flexibility index (Phi) is 7.44. The Balaban J connectivity index is 1.42. The number of thiazole rings is 1. The van der Waals surface area contributed by atoms with E-state index in [-0.39, 0.29) is 22.6 Å². The van der Waals surface area contributed by atoms with E-state index in [2.05, 4.69) is 16.7 Å². The van der Waals surface area contributed by atoms with Crippen molar-refractivity contribution in [3.8, 4) is 28.4 Å². The smallest absolute Gasteiger partial charge is 0.296 e. The number of methoxy groups -OCH3 is 1. The Morgan fingerprint density at radius 3 is 2.38 bits per heavy atom. The number of benzene rings is 3. The monoisotopic (exact) mass is 575 g/mol. The second-order valence-corrected chi connectivity index (χ2v) is 10.3. The molecule has 6 aromatic rings. The van der Waals surface area contributed by atoms with E-state index in [9.17, 15) is 9.59 Å². The van der Waals surface area contributed by atoms with Crippen molar-refractivity contribution >= 4 is 22.4 Å². The van der Waals surface area contributed by atoms with Gasteiger partial charge in [-0.1, -0.05) is 54.3 Å². The molecule has 208 valence electrons. The molecule has 3 heterocycles. The zero-order chi connectivity index (χ0) is 29.1. The van der Waals surface area contributed by atoms with Gasteiger partial charge in [0.15, 0.2) is 0 Å². The molecule has 0 saturated heterocycles. The molecule has 0 saturated carbocycles. The number of para-hydroxylation sites is 1. The van der Waals surface area contributed by atoms with Gasteiger partial charge in [0.05, 0.1) is 17.3 Å². The van der Waals surface area contributed by atoms with Crippen LogP contribution in [0.3, 0.4) is 0 Å². The summed E-state index contributed by atoms with van der Waals surface area (Å²) in [5, 5.41) is 9.23. The predicted octanol–water partition coefficient (Wildman–Crippen LogP) is 4.08. The summed E-state index contributed by atoms with van der Waals surface area (Å²) in [6.45, 7) is 4.09. The van der Waals surface area contributed by atoms with Crippen molar-refractivity contribution in [3.63, 3.8) is 0 Å². The lowest BCUT2D eigenvalue weighted by Crippen LogP contribution is -2.28. The number of ether oxygens (including phenoxy) is 2. The fraction of sp³-hybridized carbons (Fsp3) is 0.0938. The summed E-state index contributed by atoms with van der Waals surface area (Å²) in [5.74, 6) is 1.43. The maximum Gasteiger partial charge on any atom is 0.296 e. The third kappa shape index (κ3) is 5.48. The molecule has 9 nitrogen and oxygen atoms in total. The maximum absolute atomic E-state index is 13.5. The van der Waals surface area contributed by atoms with Gasteiger partial charge in [-0.15, -0.1) is 0 Å². The van der Waals surface area contributed by atoms with Gasteiger partial charge in [0.1, 0.15) is 29.5 Å². The van der Waals surface area contributed by atoms with E-state index in [0.29, 0.717) is 28.3 Å². The molecule has 0 aliphatic rings. The van der Waals surface area contributed by atoms with Gasteiger partial charge in [0.2, 0.25) is 4.96 Å². The Labute approximate surface area is 244 Å². The van der Waals surface area contributed by atoms with E-state index in [0.717, 1.165) is 33.7 Å². The van der Waals surface area contributed by atoms with Crippen molar-refractivity contribution in [2.24, 2.45) is 0 Å². The Hall–Kier alpha value is -5.35. The highest BCUT2D eigenvalue weighted by molar-refractivity contribution is 7.15. The second-order valence-electron chi connectivity index (χ2n) is 9.34. The number of hydrogen-bond acceptors (Lipinski definition) is 8. The van der Waals surface area contributed by atoms with Gasteiger partial charge >= 0.3 is 0 Å². The first-order valence-corrected chi connectivity index (χ1v) is 13.9. The Bertz CT molecular complexity index is 2050. The van der Waals surface area contributed by atoms with Crippen molar-refractivity contribution in [2.75, 3.05) is 13.7 Å². The van der Waals surface area contributed by atoms with Crippen LogP contribution in [-0.2, 0) is 6.42 Å². The SMILES string of the molecule is C=CCOc1ccc(-c2nn(-c3ccccc3)cc2/C=c2\sc3nc(=O)c(Cc4ccc(OC)cc4)nn3c2=O)cc1. The molecule has 0 aliphatic carbocycles. The summed E-state index contributed by atoms with van der Waals surface area (Å²) >= 11 is 1.11. The number of nitrogens with zero attached hydrogens (tertiary/aromatic N) is 5. The van der Waals surface area contributed by atoms with Crippen LogP contribution < -0.4 is 25.1 Å². The molecule has 0 amide bonds. The van der Waals surface area contributed by atoms with Crippen LogP contribution in [0.25, 0.3) is 28.0 Å². The van der Waals surface area contributed by atoms with Crippen LogP contribution >= 0.6 is 11.3 Å². The van der Waals surface area contributed by atoms with Crippen molar-refractivity contribution in [1.82, 2.24) is 24.4 Å². The summed E-state index contributed by atoms with van der Waals surface area (Å²) in [6, 6.07) is 24.6. The lowest BCUT2D eigenvalue weighted by molar-refractivity contribution is 0.363. The van der Waals surface area contributed by atoms with Crippen LogP contribution in [0.1, 0.15) is 16.8 Å². The summed E-state index contributed by atoms with van der Waals surface area (Å²) in [6.07, 6.45) is 5.57. The fourth-order valence-electron chi connectivity index (χ4n) is 4.42. The first kappa shape index (κ1) is 26.9. The van der Waals surface area contributed by atoms with Gasteiger partial charge in [-0.3, -0.25) is 9.59 Å². The van der Waals surface area contributed by atoms with Crippen LogP contribution in [0.4, 0.5) is 0 Å². The van der Waals surface area contributed by atoms with Crippen molar-refractivity contribution in [1.29, 1.82) is 0 Å². The van der Waals surface area contributed by atoms with Crippen LogP contribution in [0.15, 0.2) is 107 Å². The number of fused-ring (bicyclic) bond motifs is 1. The van der Waals surface area contributed by atoms with Gasteiger partial charge in [-0.2, -0.15) is 19.7 Å². The first-order chi connectivity index (χ1) is 20.5. The largest absolute Gasteiger partial charge is 0.497 e. The third-order valence-corrected chi connectivity index (χ3v) is 7.49. The van der Waals surface area contributed by atoms with Crippen LogP contribution in [0.5, 0.6) is 11.5 Å². The van der Waals surface area contributed by atoms with Gasteiger partial charge in [0.25, 0.3) is 11.1 Å². The van der Waals surface area contributed by atoms with Crippen molar-refractivity contribution in [2.45, 2.75) is 6.42 Å². The molecule has 3 aromatic heterocycles.